The van der Waals surface area contributed by atoms with Gasteiger partial charge in [0.25, 0.3) is 0 Å². The molecule has 156 valence electrons. The maximum Gasteiger partial charge on any atom is 0.336 e. The molecule has 0 bridgehead atoms. The average molecular weight is 416 g/mol. The standard InChI is InChI=1S/C24H20N2O5/c1-25-14-5-8-17-20(11-14)31-21-12-15(26(2)3)6-9-18(21)22(17)16-7-4-13(23(27)28)10-19(16)24(29)30/h4-12H,1-3H3,(H,27,28)(H,29,30)/b25-14+. The lowest BCUT2D eigenvalue weighted by atomic mass is 9.90. The Hall–Kier alpha value is -4.13. The number of nitrogens with zero attached hydrogens (tertiary/aromatic N) is 2. The van der Waals surface area contributed by atoms with Gasteiger partial charge in [-0.3, -0.25) is 4.99 Å². The molecule has 31 heavy (non-hydrogen) atoms. The van der Waals surface area contributed by atoms with E-state index in [1.807, 2.05) is 49.3 Å². The van der Waals surface area contributed by atoms with Crippen molar-refractivity contribution >= 4 is 28.6 Å². The molecule has 0 saturated carbocycles. The molecule has 0 fully saturated rings. The first-order chi connectivity index (χ1) is 14.8. The highest BCUT2D eigenvalue weighted by atomic mass is 16.4. The maximum absolute atomic E-state index is 12.0. The third kappa shape index (κ3) is 3.50. The van der Waals surface area contributed by atoms with Crippen molar-refractivity contribution in [1.82, 2.24) is 0 Å². The Balaban J connectivity index is 2.16. The number of rotatable bonds is 4. The van der Waals surface area contributed by atoms with Crippen LogP contribution in [0.4, 0.5) is 5.69 Å². The van der Waals surface area contributed by atoms with Crippen molar-refractivity contribution in [3.8, 4) is 22.5 Å². The third-order valence-corrected chi connectivity index (χ3v) is 5.23. The predicted molar refractivity (Wildman–Crippen MR) is 118 cm³/mol. The molecule has 4 rings (SSSR count). The highest BCUT2D eigenvalue weighted by Crippen LogP contribution is 2.42. The Bertz CT molecular complexity index is 1380. The second-order valence-electron chi connectivity index (χ2n) is 7.33. The van der Waals surface area contributed by atoms with Crippen molar-refractivity contribution in [3.63, 3.8) is 0 Å². The van der Waals surface area contributed by atoms with Crippen LogP contribution in [-0.4, -0.2) is 43.3 Å². The van der Waals surface area contributed by atoms with Gasteiger partial charge in [0.15, 0.2) is 0 Å². The van der Waals surface area contributed by atoms with Crippen LogP contribution in [0.3, 0.4) is 0 Å². The Labute approximate surface area is 177 Å². The summed E-state index contributed by atoms with van der Waals surface area (Å²) in [4.78, 5) is 29.6. The summed E-state index contributed by atoms with van der Waals surface area (Å²) < 4.78 is 6.18. The topological polar surface area (TPSA) is 103 Å². The molecule has 0 spiro atoms. The van der Waals surface area contributed by atoms with Crippen LogP contribution in [0.5, 0.6) is 0 Å². The molecule has 0 atom stereocenters. The third-order valence-electron chi connectivity index (χ3n) is 5.23. The average Bonchev–Trinajstić information content (AvgIpc) is 2.76. The second kappa shape index (κ2) is 7.60. The first-order valence-electron chi connectivity index (χ1n) is 9.52. The molecule has 7 heteroatoms. The van der Waals surface area contributed by atoms with Gasteiger partial charge < -0.3 is 19.5 Å². The fourth-order valence-corrected chi connectivity index (χ4v) is 3.65. The van der Waals surface area contributed by atoms with E-state index in [0.29, 0.717) is 28.0 Å². The lowest BCUT2D eigenvalue weighted by Gasteiger charge is -2.19. The van der Waals surface area contributed by atoms with E-state index in [0.717, 1.165) is 16.4 Å². The van der Waals surface area contributed by atoms with Crippen LogP contribution < -0.4 is 10.3 Å². The van der Waals surface area contributed by atoms with E-state index in [-0.39, 0.29) is 11.1 Å². The molecule has 0 unspecified atom stereocenters. The van der Waals surface area contributed by atoms with Gasteiger partial charge in [0.2, 0.25) is 0 Å². The smallest absolute Gasteiger partial charge is 0.336 e. The normalized spacial score (nSPS) is 11.8. The highest BCUT2D eigenvalue weighted by molar-refractivity contribution is 6.08. The fraction of sp³-hybridized carbons (Fsp3) is 0.125. The van der Waals surface area contributed by atoms with Gasteiger partial charge in [0.1, 0.15) is 11.3 Å². The summed E-state index contributed by atoms with van der Waals surface area (Å²) in [6.07, 6.45) is 0. The van der Waals surface area contributed by atoms with Gasteiger partial charge in [-0.25, -0.2) is 9.59 Å². The summed E-state index contributed by atoms with van der Waals surface area (Å²) in [5.74, 6) is -1.83. The first kappa shape index (κ1) is 20.2. The van der Waals surface area contributed by atoms with Crippen molar-refractivity contribution in [1.29, 1.82) is 0 Å². The van der Waals surface area contributed by atoms with Crippen molar-refractivity contribution in [2.24, 2.45) is 4.99 Å². The van der Waals surface area contributed by atoms with Gasteiger partial charge in [-0.1, -0.05) is 6.07 Å². The van der Waals surface area contributed by atoms with Gasteiger partial charge in [-0.05, 0) is 42.0 Å². The highest BCUT2D eigenvalue weighted by Gasteiger charge is 2.23. The lowest BCUT2D eigenvalue weighted by Crippen LogP contribution is -2.09. The molecule has 1 aliphatic carbocycles. The predicted octanol–water partition coefficient (Wildman–Crippen LogP) is 4.20. The Morgan fingerprint density at radius 2 is 1.65 bits per heavy atom. The monoisotopic (exact) mass is 416 g/mol. The summed E-state index contributed by atoms with van der Waals surface area (Å²) in [5, 5.41) is 20.6. The Morgan fingerprint density at radius 3 is 2.29 bits per heavy atom. The number of carboxylic acids is 2. The molecule has 0 amide bonds. The minimum absolute atomic E-state index is 0.0858. The van der Waals surface area contributed by atoms with Crippen LogP contribution in [0.1, 0.15) is 20.7 Å². The summed E-state index contributed by atoms with van der Waals surface area (Å²) in [6, 6.07) is 15.3. The van der Waals surface area contributed by atoms with E-state index in [9.17, 15) is 19.8 Å². The van der Waals surface area contributed by atoms with Crippen molar-refractivity contribution in [2.45, 2.75) is 0 Å². The van der Waals surface area contributed by atoms with E-state index in [2.05, 4.69) is 4.99 Å². The molecule has 2 N–H and O–H groups in total. The molecule has 1 heterocycles. The van der Waals surface area contributed by atoms with Crippen LogP contribution in [0.2, 0.25) is 0 Å². The fourth-order valence-electron chi connectivity index (χ4n) is 3.65. The molecule has 0 radical (unpaired) electrons. The second-order valence-corrected chi connectivity index (χ2v) is 7.33. The van der Waals surface area contributed by atoms with E-state index in [4.69, 9.17) is 4.42 Å². The summed E-state index contributed by atoms with van der Waals surface area (Å²) in [6.45, 7) is 0. The van der Waals surface area contributed by atoms with E-state index < -0.39 is 11.9 Å². The van der Waals surface area contributed by atoms with Gasteiger partial charge in [0, 0.05) is 55.5 Å². The zero-order valence-electron chi connectivity index (χ0n) is 17.2. The van der Waals surface area contributed by atoms with E-state index in [1.165, 1.54) is 12.1 Å². The number of carboxylic acid groups (broad SMARTS) is 2. The van der Waals surface area contributed by atoms with Crippen LogP contribution >= 0.6 is 0 Å². The molecule has 2 aliphatic rings. The van der Waals surface area contributed by atoms with Gasteiger partial charge in [-0.15, -0.1) is 0 Å². The van der Waals surface area contributed by atoms with Crippen LogP contribution in [-0.2, 0) is 0 Å². The quantitative estimate of drug-likeness (QED) is 0.484. The number of aromatic carboxylic acids is 2. The van der Waals surface area contributed by atoms with Gasteiger partial charge in [0.05, 0.1) is 16.5 Å². The SMILES string of the molecule is C/N=c1\ccc2c(-c3ccc(C(=O)O)cc3C(=O)O)c3ccc(N(C)C)cc3oc-2c1. The zero-order chi connectivity index (χ0) is 22.3. The number of hydrogen-bond donors (Lipinski definition) is 2. The molecule has 0 saturated heterocycles. The van der Waals surface area contributed by atoms with Crippen molar-refractivity contribution in [2.75, 3.05) is 26.0 Å². The zero-order valence-corrected chi connectivity index (χ0v) is 17.2. The minimum atomic E-state index is -1.20. The lowest BCUT2D eigenvalue weighted by molar-refractivity contribution is 0.0696. The number of anilines is 1. The summed E-state index contributed by atoms with van der Waals surface area (Å²) in [5.41, 5.74) is 3.13. The molecule has 0 aromatic heterocycles. The largest absolute Gasteiger partial charge is 0.478 e. The Kier molecular flexibility index (Phi) is 4.94. The minimum Gasteiger partial charge on any atom is -0.478 e. The molecule has 2 aromatic carbocycles. The van der Waals surface area contributed by atoms with Gasteiger partial charge in [-0.2, -0.15) is 0 Å². The van der Waals surface area contributed by atoms with E-state index in [1.54, 1.807) is 19.2 Å². The number of hydrogen-bond acceptors (Lipinski definition) is 5. The van der Waals surface area contributed by atoms with Crippen molar-refractivity contribution in [3.05, 3.63) is 71.1 Å². The number of carbonyl (C=O) groups is 2. The summed E-state index contributed by atoms with van der Waals surface area (Å²) in [7, 11) is 5.52. The van der Waals surface area contributed by atoms with Crippen LogP contribution in [0.25, 0.3) is 33.4 Å². The van der Waals surface area contributed by atoms with E-state index >= 15 is 0 Å². The first-order valence-corrected chi connectivity index (χ1v) is 9.52. The van der Waals surface area contributed by atoms with Crippen LogP contribution in [0, 0.1) is 0 Å². The van der Waals surface area contributed by atoms with Crippen molar-refractivity contribution < 1.29 is 24.2 Å². The Morgan fingerprint density at radius 1 is 0.903 bits per heavy atom. The molecule has 2 aromatic rings. The molecular weight excluding hydrogens is 396 g/mol. The van der Waals surface area contributed by atoms with Crippen LogP contribution in [0.15, 0.2) is 64.0 Å². The molecule has 7 nitrogen and oxygen atoms in total. The molecular formula is C24H20N2O5. The number of benzene rings is 3. The molecule has 1 aliphatic heterocycles. The number of fused-ring (bicyclic) bond motifs is 2. The summed E-state index contributed by atoms with van der Waals surface area (Å²) >= 11 is 0. The maximum atomic E-state index is 12.0. The van der Waals surface area contributed by atoms with Gasteiger partial charge >= 0.3 is 11.9 Å².